The molecule has 2 N–H and O–H groups in total. The second-order valence-electron chi connectivity index (χ2n) is 15.6. The Hall–Kier alpha value is -3.18. The SMILES string of the molecule is COc1cc(C=CC(=O)OCCCCO[N+](=O)[O-])ccc1OC(=O)CC[C@@H](C)[C@H]1CC[C@H]2[C@@H]3[C@@H](O)C[C@@H]4C[C@H](O)CC[C@]4(C)[C@H]3CC[C@]12C. The molecule has 0 saturated heterocycles. The first-order valence-electron chi connectivity index (χ1n) is 18.2. The van der Waals surface area contributed by atoms with E-state index in [1.54, 1.807) is 24.3 Å². The van der Waals surface area contributed by atoms with Crippen molar-refractivity contribution >= 4 is 18.0 Å². The highest BCUT2D eigenvalue weighted by Crippen LogP contribution is 2.68. The van der Waals surface area contributed by atoms with E-state index in [1.807, 2.05) is 0 Å². The molecular weight excluding hydrogens is 630 g/mol. The van der Waals surface area contributed by atoms with E-state index in [0.717, 1.165) is 57.8 Å². The predicted molar refractivity (Wildman–Crippen MR) is 182 cm³/mol. The molecule has 10 atom stereocenters. The number of aliphatic hydroxyl groups is 2. The van der Waals surface area contributed by atoms with Gasteiger partial charge < -0.3 is 29.3 Å². The lowest BCUT2D eigenvalue weighted by Gasteiger charge is -2.62. The summed E-state index contributed by atoms with van der Waals surface area (Å²) in [6.45, 7) is 7.24. The zero-order valence-corrected chi connectivity index (χ0v) is 29.5. The van der Waals surface area contributed by atoms with E-state index in [2.05, 4.69) is 25.6 Å². The Morgan fingerprint density at radius 1 is 1.02 bits per heavy atom. The number of benzene rings is 1. The number of hydrogen-bond acceptors (Lipinski definition) is 10. The van der Waals surface area contributed by atoms with Gasteiger partial charge in [0.2, 0.25) is 0 Å². The number of aliphatic hydroxyl groups excluding tert-OH is 2. The van der Waals surface area contributed by atoms with Crippen LogP contribution in [0.1, 0.15) is 103 Å². The lowest BCUT2D eigenvalue weighted by Crippen LogP contribution is -2.58. The van der Waals surface area contributed by atoms with Crippen LogP contribution in [0.4, 0.5) is 0 Å². The molecule has 1 aromatic rings. The van der Waals surface area contributed by atoms with Crippen molar-refractivity contribution in [1.82, 2.24) is 0 Å². The Morgan fingerprint density at radius 3 is 2.51 bits per heavy atom. The minimum atomic E-state index is -0.853. The topological polar surface area (TPSA) is 155 Å². The van der Waals surface area contributed by atoms with E-state index < -0.39 is 11.1 Å². The van der Waals surface area contributed by atoms with Gasteiger partial charge in [0.05, 0.1) is 32.5 Å². The number of esters is 2. The van der Waals surface area contributed by atoms with Crippen LogP contribution in [-0.2, 0) is 19.2 Å². The molecule has 11 nitrogen and oxygen atoms in total. The van der Waals surface area contributed by atoms with Crippen molar-refractivity contribution in [1.29, 1.82) is 0 Å². The molecule has 272 valence electrons. The number of carbonyl (C=O) groups excluding carboxylic acids is 2. The average Bonchev–Trinajstić information content (AvgIpc) is 3.42. The highest BCUT2D eigenvalue weighted by atomic mass is 16.9. The Kier molecular flexibility index (Phi) is 12.0. The summed E-state index contributed by atoms with van der Waals surface area (Å²) < 4.78 is 16.3. The summed E-state index contributed by atoms with van der Waals surface area (Å²) in [7, 11) is 1.49. The van der Waals surface area contributed by atoms with Crippen molar-refractivity contribution in [2.75, 3.05) is 20.3 Å². The molecule has 4 fully saturated rings. The molecule has 0 unspecified atom stereocenters. The van der Waals surface area contributed by atoms with Crippen LogP contribution in [0.15, 0.2) is 24.3 Å². The quantitative estimate of drug-likeness (QED) is 0.0550. The molecule has 0 spiro atoms. The van der Waals surface area contributed by atoms with Gasteiger partial charge in [-0.2, -0.15) is 0 Å². The summed E-state index contributed by atoms with van der Waals surface area (Å²) in [5, 5.41) is 31.2. The zero-order chi connectivity index (χ0) is 35.3. The standard InChI is InChI=1S/C38H55NO10/c1-24(28-10-11-29-36-30(16-18-38(28,29)3)37(2)17-15-27(40)22-26(37)23-31(36)41)7-13-35(43)49-32-12-8-25(21-33(32)46-4)9-14-34(42)47-19-5-6-20-48-39(44)45/h8-9,12,14,21,24,26-31,36,40-41H,5-7,10-11,13,15-20,22-23H2,1-4H3/t24-,26+,27-,28-,29+,30+,31+,36+,37+,38-/m1/s1. The Bertz CT molecular complexity index is 1370. The third-order valence-electron chi connectivity index (χ3n) is 13.0. The smallest absolute Gasteiger partial charge is 0.330 e. The van der Waals surface area contributed by atoms with Crippen molar-refractivity contribution in [2.45, 2.75) is 110 Å². The maximum absolute atomic E-state index is 13.0. The lowest BCUT2D eigenvalue weighted by atomic mass is 9.43. The minimum absolute atomic E-state index is 0.0447. The van der Waals surface area contributed by atoms with Crippen LogP contribution in [0.2, 0.25) is 0 Å². The second-order valence-corrected chi connectivity index (χ2v) is 15.6. The van der Waals surface area contributed by atoms with Crippen LogP contribution in [0.3, 0.4) is 0 Å². The molecule has 0 bridgehead atoms. The first-order chi connectivity index (χ1) is 23.4. The molecule has 4 aliphatic rings. The maximum Gasteiger partial charge on any atom is 0.330 e. The van der Waals surface area contributed by atoms with E-state index in [1.165, 1.54) is 13.2 Å². The summed E-state index contributed by atoms with van der Waals surface area (Å²) >= 11 is 0. The Balaban J connectivity index is 1.11. The monoisotopic (exact) mass is 685 g/mol. The first kappa shape index (κ1) is 37.1. The van der Waals surface area contributed by atoms with Gasteiger partial charge >= 0.3 is 11.9 Å². The number of unbranched alkanes of at least 4 members (excludes halogenated alkanes) is 1. The Labute approximate surface area is 289 Å². The number of ether oxygens (including phenoxy) is 3. The molecule has 11 heteroatoms. The molecule has 0 radical (unpaired) electrons. The Morgan fingerprint density at radius 2 is 1.76 bits per heavy atom. The molecule has 4 aliphatic carbocycles. The van der Waals surface area contributed by atoms with Crippen molar-refractivity contribution in [2.24, 2.45) is 46.3 Å². The van der Waals surface area contributed by atoms with E-state index in [-0.39, 0.29) is 42.2 Å². The molecule has 0 aliphatic heterocycles. The third-order valence-corrected chi connectivity index (χ3v) is 13.0. The summed E-state index contributed by atoms with van der Waals surface area (Å²) in [4.78, 5) is 39.4. The van der Waals surface area contributed by atoms with Gasteiger partial charge in [-0.05, 0) is 141 Å². The van der Waals surface area contributed by atoms with Crippen molar-refractivity contribution < 1.29 is 43.9 Å². The van der Waals surface area contributed by atoms with Crippen LogP contribution in [0.25, 0.3) is 6.08 Å². The van der Waals surface area contributed by atoms with E-state index in [4.69, 9.17) is 14.2 Å². The fourth-order valence-corrected chi connectivity index (χ4v) is 10.5. The van der Waals surface area contributed by atoms with Crippen molar-refractivity contribution in [3.63, 3.8) is 0 Å². The summed E-state index contributed by atoms with van der Waals surface area (Å²) in [5.74, 6) is 2.41. The van der Waals surface area contributed by atoms with Gasteiger partial charge in [-0.25, -0.2) is 4.79 Å². The summed E-state index contributed by atoms with van der Waals surface area (Å²) in [5.41, 5.74) is 1.02. The van der Waals surface area contributed by atoms with Crippen LogP contribution < -0.4 is 9.47 Å². The van der Waals surface area contributed by atoms with Gasteiger partial charge in [-0.1, -0.05) is 26.8 Å². The number of hydrogen-bond donors (Lipinski definition) is 2. The van der Waals surface area contributed by atoms with E-state index >= 15 is 0 Å². The van der Waals surface area contributed by atoms with Crippen LogP contribution >= 0.6 is 0 Å². The van der Waals surface area contributed by atoms with E-state index in [9.17, 15) is 29.9 Å². The van der Waals surface area contributed by atoms with Crippen LogP contribution in [0, 0.1) is 56.5 Å². The largest absolute Gasteiger partial charge is 0.493 e. The van der Waals surface area contributed by atoms with Gasteiger partial charge in [0, 0.05) is 12.5 Å². The predicted octanol–water partition coefficient (Wildman–Crippen LogP) is 6.55. The summed E-state index contributed by atoms with van der Waals surface area (Å²) in [6.07, 6.45) is 12.3. The number of carbonyl (C=O) groups is 2. The number of nitrogens with zero attached hydrogens (tertiary/aromatic N) is 1. The molecule has 1 aromatic carbocycles. The fraction of sp³-hybridized carbons (Fsp3) is 0.737. The molecule has 0 heterocycles. The van der Waals surface area contributed by atoms with Crippen molar-refractivity contribution in [3.8, 4) is 11.5 Å². The summed E-state index contributed by atoms with van der Waals surface area (Å²) in [6, 6.07) is 5.05. The van der Waals surface area contributed by atoms with Gasteiger partial charge in [0.25, 0.3) is 5.09 Å². The molecular formula is C38H55NO10. The fourth-order valence-electron chi connectivity index (χ4n) is 10.5. The number of fused-ring (bicyclic) bond motifs is 5. The average molecular weight is 686 g/mol. The third kappa shape index (κ3) is 8.25. The molecule has 5 rings (SSSR count). The van der Waals surface area contributed by atoms with Crippen molar-refractivity contribution in [3.05, 3.63) is 40.0 Å². The van der Waals surface area contributed by atoms with E-state index in [0.29, 0.717) is 71.8 Å². The molecule has 4 saturated carbocycles. The van der Waals surface area contributed by atoms with Crippen LogP contribution in [-0.4, -0.2) is 59.8 Å². The van der Waals surface area contributed by atoms with Crippen LogP contribution in [0.5, 0.6) is 11.5 Å². The van der Waals surface area contributed by atoms with Gasteiger partial charge in [-0.15, -0.1) is 10.1 Å². The lowest BCUT2D eigenvalue weighted by molar-refractivity contribution is -0.757. The number of rotatable bonds is 14. The highest BCUT2D eigenvalue weighted by molar-refractivity contribution is 5.87. The zero-order valence-electron chi connectivity index (χ0n) is 29.5. The molecule has 49 heavy (non-hydrogen) atoms. The highest BCUT2D eigenvalue weighted by Gasteiger charge is 2.62. The van der Waals surface area contributed by atoms with Gasteiger partial charge in [0.15, 0.2) is 11.5 Å². The second kappa shape index (κ2) is 15.8. The first-order valence-corrected chi connectivity index (χ1v) is 18.2. The van der Waals surface area contributed by atoms with Gasteiger partial charge in [0.1, 0.15) is 0 Å². The normalized spacial score (nSPS) is 34.3. The molecule has 0 amide bonds. The maximum atomic E-state index is 13.0. The minimum Gasteiger partial charge on any atom is -0.493 e. The number of methoxy groups -OCH3 is 1. The molecule has 0 aromatic heterocycles. The van der Waals surface area contributed by atoms with Gasteiger partial charge in [-0.3, -0.25) is 4.79 Å².